The first-order chi connectivity index (χ1) is 15.6. The van der Waals surface area contributed by atoms with Crippen molar-refractivity contribution in [1.29, 1.82) is 0 Å². The van der Waals surface area contributed by atoms with Crippen molar-refractivity contribution in [2.75, 3.05) is 7.11 Å². The average Bonchev–Trinajstić information content (AvgIpc) is 3.18. The van der Waals surface area contributed by atoms with Gasteiger partial charge in [0.25, 0.3) is 0 Å². The first-order valence-electron chi connectivity index (χ1n) is 9.83. The molecule has 3 aromatic rings. The fourth-order valence-electron chi connectivity index (χ4n) is 2.95. The van der Waals surface area contributed by atoms with E-state index in [0.717, 1.165) is 5.56 Å². The highest BCUT2D eigenvalue weighted by Gasteiger charge is 2.22. The van der Waals surface area contributed by atoms with Gasteiger partial charge in [-0.2, -0.15) is 0 Å². The second-order valence-corrected chi connectivity index (χ2v) is 6.77. The summed E-state index contributed by atoms with van der Waals surface area (Å²) in [6, 6.07) is 23.1. The summed E-state index contributed by atoms with van der Waals surface area (Å²) < 4.78 is 15.9. The van der Waals surface area contributed by atoms with Gasteiger partial charge < -0.3 is 14.2 Å². The van der Waals surface area contributed by atoms with Gasteiger partial charge in [-0.3, -0.25) is 0 Å². The van der Waals surface area contributed by atoms with Gasteiger partial charge in [-0.1, -0.05) is 48.5 Å². The molecule has 0 atom stereocenters. The van der Waals surface area contributed by atoms with Gasteiger partial charge in [-0.05, 0) is 48.0 Å². The van der Waals surface area contributed by atoms with E-state index in [1.165, 1.54) is 6.08 Å². The molecule has 158 valence electrons. The molecule has 0 amide bonds. The van der Waals surface area contributed by atoms with Crippen molar-refractivity contribution in [3.8, 4) is 11.5 Å². The van der Waals surface area contributed by atoms with Crippen molar-refractivity contribution in [2.45, 2.75) is 0 Å². The maximum atomic E-state index is 12.5. The van der Waals surface area contributed by atoms with E-state index in [1.807, 2.05) is 30.3 Å². The zero-order valence-corrected chi connectivity index (χ0v) is 17.2. The van der Waals surface area contributed by atoms with Crippen molar-refractivity contribution in [3.63, 3.8) is 0 Å². The number of hydrogen-bond acceptors (Lipinski definition) is 6. The van der Waals surface area contributed by atoms with Gasteiger partial charge in [0.2, 0.25) is 5.90 Å². The fraction of sp³-hybridized carbons (Fsp3) is 0.0385. The first kappa shape index (κ1) is 20.8. The Kier molecular flexibility index (Phi) is 6.22. The Balaban J connectivity index is 1.54. The Bertz CT molecular complexity index is 1220. The lowest BCUT2D eigenvalue weighted by atomic mass is 10.1. The molecule has 0 radical (unpaired) electrons. The first-order valence-corrected chi connectivity index (χ1v) is 9.83. The van der Waals surface area contributed by atoms with Crippen molar-refractivity contribution >= 4 is 30.0 Å². The standard InChI is InChI=1S/C26H19NO5/c1-30-21-14-12-19(13-15-21)25(28)31-23-10-6-5-9-20(23)17-22-26(29)32-24(27-22)16-11-18-7-3-2-4-8-18/h2-17H,1H3/b16-11+,22-17-. The van der Waals surface area contributed by atoms with Crippen molar-refractivity contribution in [1.82, 2.24) is 0 Å². The minimum atomic E-state index is -0.575. The predicted octanol–water partition coefficient (Wildman–Crippen LogP) is 4.92. The number of aliphatic imine (C=N–C) groups is 1. The number of methoxy groups -OCH3 is 1. The topological polar surface area (TPSA) is 74.2 Å². The van der Waals surface area contributed by atoms with Crippen LogP contribution in [0.1, 0.15) is 21.5 Å². The summed E-state index contributed by atoms with van der Waals surface area (Å²) in [5, 5.41) is 0. The summed E-state index contributed by atoms with van der Waals surface area (Å²) in [7, 11) is 1.55. The van der Waals surface area contributed by atoms with E-state index in [-0.39, 0.29) is 11.6 Å². The quantitative estimate of drug-likeness (QED) is 0.318. The fourth-order valence-corrected chi connectivity index (χ4v) is 2.95. The molecule has 1 aliphatic rings. The molecule has 0 bridgehead atoms. The molecule has 6 nitrogen and oxygen atoms in total. The predicted molar refractivity (Wildman–Crippen MR) is 121 cm³/mol. The van der Waals surface area contributed by atoms with Crippen LogP contribution in [-0.4, -0.2) is 24.9 Å². The van der Waals surface area contributed by atoms with E-state index < -0.39 is 11.9 Å². The number of para-hydroxylation sites is 1. The van der Waals surface area contributed by atoms with E-state index in [9.17, 15) is 9.59 Å². The number of carbonyl (C=O) groups is 2. The maximum Gasteiger partial charge on any atom is 0.363 e. The van der Waals surface area contributed by atoms with E-state index in [1.54, 1.807) is 67.8 Å². The zero-order valence-electron chi connectivity index (χ0n) is 17.2. The second kappa shape index (κ2) is 9.57. The number of esters is 2. The molecule has 0 aromatic heterocycles. The van der Waals surface area contributed by atoms with Gasteiger partial charge in [-0.25, -0.2) is 14.6 Å². The van der Waals surface area contributed by atoms with Crippen LogP contribution in [0, 0.1) is 0 Å². The lowest BCUT2D eigenvalue weighted by Gasteiger charge is -2.08. The number of rotatable bonds is 6. The van der Waals surface area contributed by atoms with Crippen LogP contribution >= 0.6 is 0 Å². The highest BCUT2D eigenvalue weighted by Crippen LogP contribution is 2.25. The summed E-state index contributed by atoms with van der Waals surface area (Å²) in [4.78, 5) is 29.0. The Morgan fingerprint density at radius 2 is 1.62 bits per heavy atom. The minimum absolute atomic E-state index is 0.116. The third-order valence-corrected chi connectivity index (χ3v) is 4.59. The number of carbonyl (C=O) groups excluding carboxylic acids is 2. The smallest absolute Gasteiger partial charge is 0.363 e. The monoisotopic (exact) mass is 425 g/mol. The number of ether oxygens (including phenoxy) is 3. The van der Waals surface area contributed by atoms with Gasteiger partial charge in [0.1, 0.15) is 11.5 Å². The third kappa shape index (κ3) is 4.99. The molecule has 1 aliphatic heterocycles. The van der Waals surface area contributed by atoms with Crippen molar-refractivity contribution in [3.05, 3.63) is 107 Å². The summed E-state index contributed by atoms with van der Waals surface area (Å²) >= 11 is 0. The molecule has 32 heavy (non-hydrogen) atoms. The van der Waals surface area contributed by atoms with Crippen LogP contribution in [0.2, 0.25) is 0 Å². The van der Waals surface area contributed by atoms with E-state index >= 15 is 0 Å². The largest absolute Gasteiger partial charge is 0.497 e. The molecule has 0 unspecified atom stereocenters. The highest BCUT2D eigenvalue weighted by atomic mass is 16.6. The van der Waals surface area contributed by atoms with Crippen LogP contribution < -0.4 is 9.47 Å². The van der Waals surface area contributed by atoms with Crippen LogP contribution in [0.4, 0.5) is 0 Å². The summed E-state index contributed by atoms with van der Waals surface area (Å²) in [5.41, 5.74) is 1.98. The van der Waals surface area contributed by atoms with Crippen LogP contribution in [0.3, 0.4) is 0 Å². The molecule has 1 heterocycles. The Hall–Kier alpha value is -4.45. The lowest BCUT2D eigenvalue weighted by molar-refractivity contribution is -0.129. The van der Waals surface area contributed by atoms with Gasteiger partial charge in [0, 0.05) is 11.6 Å². The Morgan fingerprint density at radius 3 is 2.38 bits per heavy atom. The number of nitrogens with zero attached hydrogens (tertiary/aromatic N) is 1. The molecular formula is C26H19NO5. The summed E-state index contributed by atoms with van der Waals surface area (Å²) in [6.07, 6.45) is 4.96. The van der Waals surface area contributed by atoms with Crippen LogP contribution in [0.5, 0.6) is 11.5 Å². The van der Waals surface area contributed by atoms with E-state index in [4.69, 9.17) is 14.2 Å². The lowest BCUT2D eigenvalue weighted by Crippen LogP contribution is -2.09. The molecule has 0 fully saturated rings. The molecule has 0 aliphatic carbocycles. The number of benzene rings is 3. The molecule has 0 saturated carbocycles. The second-order valence-electron chi connectivity index (χ2n) is 6.77. The van der Waals surface area contributed by atoms with Gasteiger partial charge >= 0.3 is 11.9 Å². The average molecular weight is 425 g/mol. The molecule has 6 heteroatoms. The third-order valence-electron chi connectivity index (χ3n) is 4.59. The van der Waals surface area contributed by atoms with Crippen LogP contribution in [0.15, 0.2) is 95.6 Å². The summed E-state index contributed by atoms with van der Waals surface area (Å²) in [6.45, 7) is 0. The van der Waals surface area contributed by atoms with Crippen LogP contribution in [0.25, 0.3) is 12.2 Å². The van der Waals surface area contributed by atoms with Gasteiger partial charge in [0.05, 0.1) is 12.7 Å². The Labute approximate surface area is 185 Å². The molecular weight excluding hydrogens is 406 g/mol. The molecule has 0 N–H and O–H groups in total. The maximum absolute atomic E-state index is 12.5. The summed E-state index contributed by atoms with van der Waals surface area (Å²) in [5.74, 6) is 0.0350. The van der Waals surface area contributed by atoms with Gasteiger partial charge in [-0.15, -0.1) is 0 Å². The van der Waals surface area contributed by atoms with Crippen molar-refractivity contribution < 1.29 is 23.8 Å². The Morgan fingerprint density at radius 1 is 0.906 bits per heavy atom. The van der Waals surface area contributed by atoms with Gasteiger partial charge in [0.15, 0.2) is 5.70 Å². The molecule has 3 aromatic carbocycles. The van der Waals surface area contributed by atoms with Crippen LogP contribution in [-0.2, 0) is 9.53 Å². The molecule has 0 spiro atoms. The van der Waals surface area contributed by atoms with Crippen molar-refractivity contribution in [2.24, 2.45) is 4.99 Å². The highest BCUT2D eigenvalue weighted by molar-refractivity contribution is 6.11. The number of cyclic esters (lactones) is 1. The SMILES string of the molecule is COc1ccc(C(=O)Oc2ccccc2/C=C2N=C(/C=C/c3ccccc3)OC\2=O)cc1. The minimum Gasteiger partial charge on any atom is -0.497 e. The number of hydrogen-bond donors (Lipinski definition) is 0. The normalized spacial score (nSPS) is 14.3. The molecule has 4 rings (SSSR count). The molecule has 0 saturated heterocycles. The zero-order chi connectivity index (χ0) is 22.3. The van der Waals surface area contributed by atoms with E-state index in [2.05, 4.69) is 4.99 Å². The van der Waals surface area contributed by atoms with E-state index in [0.29, 0.717) is 22.6 Å².